The molecule has 8 nitrogen and oxygen atoms in total. The molecule has 1 N–H and O–H groups in total. The highest BCUT2D eigenvalue weighted by Gasteiger charge is 2.28. The zero-order valence-electron chi connectivity index (χ0n) is 16.5. The number of rotatable bonds is 4. The number of aryl methyl sites for hydroxylation is 1. The molecule has 2 heterocycles. The van der Waals surface area contributed by atoms with E-state index >= 15 is 0 Å². The first kappa shape index (κ1) is 21.9. The molecule has 9 heteroatoms. The molecule has 2 fully saturated rings. The molecule has 27 heavy (non-hydrogen) atoms. The Bertz CT molecular complexity index is 648. The summed E-state index contributed by atoms with van der Waals surface area (Å²) >= 11 is 0. The molecule has 1 aliphatic carbocycles. The molecule has 3 rings (SSSR count). The molecular formula is C18H31IN6O2. The van der Waals surface area contributed by atoms with E-state index in [1.165, 1.54) is 32.8 Å². The van der Waals surface area contributed by atoms with Crippen LogP contribution < -0.4 is 5.32 Å². The fourth-order valence-electron chi connectivity index (χ4n) is 3.72. The van der Waals surface area contributed by atoms with Crippen molar-refractivity contribution in [2.75, 3.05) is 20.2 Å². The quantitative estimate of drug-likeness (QED) is 0.301. The third-order valence-electron chi connectivity index (χ3n) is 5.57. The number of guanidine groups is 1. The highest BCUT2D eigenvalue weighted by Crippen LogP contribution is 2.21. The topological polar surface area (TPSA) is 84.6 Å². The molecule has 1 saturated carbocycles. The predicted molar refractivity (Wildman–Crippen MR) is 114 cm³/mol. The third-order valence-corrected chi connectivity index (χ3v) is 5.57. The first-order valence-electron chi connectivity index (χ1n) is 9.57. The van der Waals surface area contributed by atoms with Gasteiger partial charge in [0, 0.05) is 26.2 Å². The average molecular weight is 490 g/mol. The van der Waals surface area contributed by atoms with E-state index < -0.39 is 0 Å². The van der Waals surface area contributed by atoms with Crippen LogP contribution in [-0.4, -0.2) is 57.8 Å². The van der Waals surface area contributed by atoms with Crippen LogP contribution in [0, 0.1) is 12.8 Å². The van der Waals surface area contributed by atoms with Crippen LogP contribution in [-0.2, 0) is 23.1 Å². The number of aromatic nitrogens is 3. The first-order valence-corrected chi connectivity index (χ1v) is 9.57. The maximum Gasteiger partial charge on any atom is 0.308 e. The Morgan fingerprint density at radius 2 is 1.89 bits per heavy atom. The van der Waals surface area contributed by atoms with Gasteiger partial charge >= 0.3 is 5.97 Å². The number of nitrogens with zero attached hydrogens (tertiary/aromatic N) is 5. The summed E-state index contributed by atoms with van der Waals surface area (Å²) < 4.78 is 6.86. The summed E-state index contributed by atoms with van der Waals surface area (Å²) in [6.45, 7) is 4.07. The van der Waals surface area contributed by atoms with E-state index in [1.54, 1.807) is 0 Å². The molecular weight excluding hydrogens is 459 g/mol. The Labute approximate surface area is 178 Å². The number of esters is 1. The fraction of sp³-hybridized carbons (Fsp3) is 0.778. The number of ether oxygens (including phenoxy) is 1. The Kier molecular flexibility index (Phi) is 8.30. The van der Waals surface area contributed by atoms with Gasteiger partial charge in [0.2, 0.25) is 0 Å². The number of aliphatic imine (C=N–C) groups is 1. The van der Waals surface area contributed by atoms with E-state index in [0.29, 0.717) is 12.6 Å². The van der Waals surface area contributed by atoms with Crippen LogP contribution in [0.2, 0.25) is 0 Å². The standard InChI is InChI=1S/C18H30N6O2.HI/c1-13-21-22-16(23(13)2)12-19-18(20-15-6-4-5-7-15)24-10-8-14(9-11-24)17(25)26-3;/h14-15H,4-12H2,1-3H3,(H,19,20);1H. The van der Waals surface area contributed by atoms with Crippen LogP contribution in [0.3, 0.4) is 0 Å². The summed E-state index contributed by atoms with van der Waals surface area (Å²) in [6, 6.07) is 0.494. The van der Waals surface area contributed by atoms with E-state index in [1.807, 2.05) is 18.5 Å². The van der Waals surface area contributed by atoms with Crippen molar-refractivity contribution in [3.63, 3.8) is 0 Å². The summed E-state index contributed by atoms with van der Waals surface area (Å²) in [5.74, 6) is 2.59. The van der Waals surface area contributed by atoms with Gasteiger partial charge in [0.15, 0.2) is 11.8 Å². The fourth-order valence-corrected chi connectivity index (χ4v) is 3.72. The van der Waals surface area contributed by atoms with Gasteiger partial charge in [-0.3, -0.25) is 4.79 Å². The molecule has 0 amide bonds. The highest BCUT2D eigenvalue weighted by molar-refractivity contribution is 14.0. The third kappa shape index (κ3) is 5.55. The normalized spacial score (nSPS) is 19.1. The molecule has 0 radical (unpaired) electrons. The average Bonchev–Trinajstić information content (AvgIpc) is 3.29. The largest absolute Gasteiger partial charge is 0.469 e. The Morgan fingerprint density at radius 3 is 2.44 bits per heavy atom. The minimum absolute atomic E-state index is 0. The highest BCUT2D eigenvalue weighted by atomic mass is 127. The van der Waals surface area contributed by atoms with Crippen molar-refractivity contribution in [1.29, 1.82) is 0 Å². The molecule has 152 valence electrons. The second-order valence-corrected chi connectivity index (χ2v) is 7.27. The van der Waals surface area contributed by atoms with Crippen molar-refractivity contribution >= 4 is 35.9 Å². The van der Waals surface area contributed by atoms with Crippen LogP contribution in [0.1, 0.15) is 50.2 Å². The number of carbonyl (C=O) groups excluding carboxylic acids is 1. The van der Waals surface area contributed by atoms with Gasteiger partial charge in [-0.15, -0.1) is 34.2 Å². The van der Waals surface area contributed by atoms with Crippen LogP contribution >= 0.6 is 24.0 Å². The van der Waals surface area contributed by atoms with Gasteiger partial charge in [-0.05, 0) is 32.6 Å². The number of halogens is 1. The Morgan fingerprint density at radius 1 is 1.22 bits per heavy atom. The first-order chi connectivity index (χ1) is 12.6. The zero-order valence-corrected chi connectivity index (χ0v) is 18.8. The van der Waals surface area contributed by atoms with Crippen LogP contribution in [0.15, 0.2) is 4.99 Å². The van der Waals surface area contributed by atoms with Crippen molar-refractivity contribution < 1.29 is 9.53 Å². The number of hydrogen-bond donors (Lipinski definition) is 1. The van der Waals surface area contributed by atoms with E-state index in [2.05, 4.69) is 20.4 Å². The maximum absolute atomic E-state index is 11.8. The van der Waals surface area contributed by atoms with Gasteiger partial charge in [-0.1, -0.05) is 12.8 Å². The van der Waals surface area contributed by atoms with E-state index in [4.69, 9.17) is 9.73 Å². The predicted octanol–water partition coefficient (Wildman–Crippen LogP) is 2.01. The summed E-state index contributed by atoms with van der Waals surface area (Å²) in [6.07, 6.45) is 6.55. The van der Waals surface area contributed by atoms with Crippen LogP contribution in [0.25, 0.3) is 0 Å². The van der Waals surface area contributed by atoms with E-state index in [9.17, 15) is 4.79 Å². The van der Waals surface area contributed by atoms with Gasteiger partial charge in [-0.25, -0.2) is 4.99 Å². The minimum atomic E-state index is -0.0959. The van der Waals surface area contributed by atoms with Crippen molar-refractivity contribution in [2.45, 2.75) is 58.0 Å². The smallest absolute Gasteiger partial charge is 0.308 e. The molecule has 0 unspecified atom stereocenters. The number of likely N-dealkylation sites (tertiary alicyclic amines) is 1. The SMILES string of the molecule is COC(=O)C1CCN(C(=NCc2nnc(C)n2C)NC2CCCC2)CC1.I. The van der Waals surface area contributed by atoms with Crippen molar-refractivity contribution in [2.24, 2.45) is 18.0 Å². The van der Waals surface area contributed by atoms with Gasteiger partial charge in [-0.2, -0.15) is 0 Å². The number of hydrogen-bond acceptors (Lipinski definition) is 5. The lowest BCUT2D eigenvalue weighted by Gasteiger charge is -2.34. The monoisotopic (exact) mass is 490 g/mol. The lowest BCUT2D eigenvalue weighted by molar-refractivity contribution is -0.146. The molecule has 1 aromatic rings. The van der Waals surface area contributed by atoms with Gasteiger partial charge in [0.05, 0.1) is 13.0 Å². The molecule has 1 saturated heterocycles. The number of carbonyl (C=O) groups is 1. The molecule has 0 atom stereocenters. The van der Waals surface area contributed by atoms with Gasteiger partial charge in [0.25, 0.3) is 0 Å². The van der Waals surface area contributed by atoms with Crippen LogP contribution in [0.5, 0.6) is 0 Å². The Balaban J connectivity index is 0.00000261. The van der Waals surface area contributed by atoms with Gasteiger partial charge in [0.1, 0.15) is 12.4 Å². The number of methoxy groups -OCH3 is 1. The van der Waals surface area contributed by atoms with Gasteiger partial charge < -0.3 is 19.5 Å². The van der Waals surface area contributed by atoms with Crippen molar-refractivity contribution in [1.82, 2.24) is 25.0 Å². The Hall–Kier alpha value is -1.39. The number of piperidine rings is 1. The number of nitrogens with one attached hydrogen (secondary N) is 1. The maximum atomic E-state index is 11.8. The molecule has 0 bridgehead atoms. The van der Waals surface area contributed by atoms with E-state index in [-0.39, 0.29) is 35.9 Å². The molecule has 0 aromatic carbocycles. The summed E-state index contributed by atoms with van der Waals surface area (Å²) in [5, 5.41) is 12.0. The molecule has 1 aromatic heterocycles. The van der Waals surface area contributed by atoms with E-state index in [0.717, 1.165) is 43.5 Å². The molecule has 2 aliphatic rings. The second kappa shape index (κ2) is 10.2. The van der Waals surface area contributed by atoms with Crippen molar-refractivity contribution in [3.05, 3.63) is 11.6 Å². The lowest BCUT2D eigenvalue weighted by atomic mass is 9.97. The van der Waals surface area contributed by atoms with Crippen molar-refractivity contribution in [3.8, 4) is 0 Å². The molecule has 1 aliphatic heterocycles. The summed E-state index contributed by atoms with van der Waals surface area (Å²) in [7, 11) is 3.43. The lowest BCUT2D eigenvalue weighted by Crippen LogP contribution is -2.49. The van der Waals surface area contributed by atoms with Crippen LogP contribution in [0.4, 0.5) is 0 Å². The minimum Gasteiger partial charge on any atom is -0.469 e. The summed E-state index contributed by atoms with van der Waals surface area (Å²) in [5.41, 5.74) is 0. The molecule has 0 spiro atoms. The summed E-state index contributed by atoms with van der Waals surface area (Å²) in [4.78, 5) is 18.9. The zero-order chi connectivity index (χ0) is 18.5. The second-order valence-electron chi connectivity index (χ2n) is 7.27.